The Hall–Kier alpha value is -1.81. The predicted molar refractivity (Wildman–Crippen MR) is 82.5 cm³/mol. The highest BCUT2D eigenvalue weighted by Gasteiger charge is 2.21. The number of halogens is 1. The second-order valence-corrected chi connectivity index (χ2v) is 5.08. The molecule has 1 radical (unpaired) electrons. The first kappa shape index (κ1) is 15.6. The molecule has 0 aromatic heterocycles. The second kappa shape index (κ2) is 7.27. The SMILES string of the molecule is COC1=CC[CH]C(F)=C1c1ccccc1OCCN(C)C. The van der Waals surface area contributed by atoms with Crippen LogP contribution in [-0.4, -0.2) is 39.3 Å². The van der Waals surface area contributed by atoms with Gasteiger partial charge in [-0.25, -0.2) is 4.39 Å². The fourth-order valence-corrected chi connectivity index (χ4v) is 2.18. The lowest BCUT2D eigenvalue weighted by molar-refractivity contribution is 0.260. The highest BCUT2D eigenvalue weighted by atomic mass is 19.1. The summed E-state index contributed by atoms with van der Waals surface area (Å²) >= 11 is 0. The third-order valence-electron chi connectivity index (χ3n) is 3.26. The van der Waals surface area contributed by atoms with Gasteiger partial charge in [-0.1, -0.05) is 18.2 Å². The van der Waals surface area contributed by atoms with Gasteiger partial charge in [-0.15, -0.1) is 0 Å². The van der Waals surface area contributed by atoms with Gasteiger partial charge in [0, 0.05) is 18.5 Å². The van der Waals surface area contributed by atoms with Gasteiger partial charge < -0.3 is 14.4 Å². The number of rotatable bonds is 6. The Bertz CT molecular complexity index is 549. The zero-order valence-electron chi connectivity index (χ0n) is 12.7. The fourth-order valence-electron chi connectivity index (χ4n) is 2.18. The molecule has 0 amide bonds. The summed E-state index contributed by atoms with van der Waals surface area (Å²) in [5, 5.41) is 0. The van der Waals surface area contributed by atoms with Gasteiger partial charge in [0.15, 0.2) is 0 Å². The summed E-state index contributed by atoms with van der Waals surface area (Å²) in [6, 6.07) is 7.46. The highest BCUT2D eigenvalue weighted by molar-refractivity contribution is 5.83. The first-order chi connectivity index (χ1) is 10.1. The largest absolute Gasteiger partial charge is 0.496 e. The molecular formula is C17H21FNO2. The van der Waals surface area contributed by atoms with E-state index in [-0.39, 0.29) is 5.83 Å². The van der Waals surface area contributed by atoms with Crippen LogP contribution in [0.1, 0.15) is 12.0 Å². The van der Waals surface area contributed by atoms with Crippen LogP contribution < -0.4 is 4.74 Å². The predicted octanol–water partition coefficient (Wildman–Crippen LogP) is 3.45. The first-order valence-corrected chi connectivity index (χ1v) is 6.98. The molecule has 0 heterocycles. The van der Waals surface area contributed by atoms with E-state index >= 15 is 0 Å². The highest BCUT2D eigenvalue weighted by Crippen LogP contribution is 2.38. The molecule has 0 unspecified atom stereocenters. The number of hydrogen-bond donors (Lipinski definition) is 0. The molecule has 1 aromatic carbocycles. The summed E-state index contributed by atoms with van der Waals surface area (Å²) in [4.78, 5) is 2.04. The van der Waals surface area contributed by atoms with Crippen molar-refractivity contribution in [1.82, 2.24) is 4.90 Å². The Labute approximate surface area is 125 Å². The molecule has 0 saturated heterocycles. The summed E-state index contributed by atoms with van der Waals surface area (Å²) in [5.41, 5.74) is 1.18. The van der Waals surface area contributed by atoms with Gasteiger partial charge in [-0.3, -0.25) is 0 Å². The number of methoxy groups -OCH3 is 1. The van der Waals surface area contributed by atoms with E-state index in [0.717, 1.165) is 12.1 Å². The molecule has 2 rings (SSSR count). The average Bonchev–Trinajstić information content (AvgIpc) is 2.47. The topological polar surface area (TPSA) is 21.7 Å². The number of likely N-dealkylation sites (N-methyl/N-ethyl adjacent to an activating group) is 1. The van der Waals surface area contributed by atoms with E-state index in [1.54, 1.807) is 13.5 Å². The number of para-hydroxylation sites is 1. The molecule has 0 fully saturated rings. The molecule has 1 aromatic rings. The Balaban J connectivity index is 2.29. The van der Waals surface area contributed by atoms with Gasteiger partial charge in [0.25, 0.3) is 0 Å². The molecule has 1 aliphatic carbocycles. The van der Waals surface area contributed by atoms with Gasteiger partial charge in [0.1, 0.15) is 23.9 Å². The average molecular weight is 290 g/mol. The number of allylic oxidation sites excluding steroid dienone is 3. The van der Waals surface area contributed by atoms with Crippen molar-refractivity contribution in [2.75, 3.05) is 34.4 Å². The van der Waals surface area contributed by atoms with E-state index in [0.29, 0.717) is 30.1 Å². The van der Waals surface area contributed by atoms with Crippen LogP contribution in [0.5, 0.6) is 5.75 Å². The minimum atomic E-state index is -0.266. The molecule has 21 heavy (non-hydrogen) atoms. The second-order valence-electron chi connectivity index (χ2n) is 5.08. The Morgan fingerprint density at radius 2 is 2.00 bits per heavy atom. The smallest absolute Gasteiger partial charge is 0.127 e. The lowest BCUT2D eigenvalue weighted by atomic mass is 9.96. The zero-order chi connectivity index (χ0) is 15.2. The molecule has 0 saturated carbocycles. The van der Waals surface area contributed by atoms with Gasteiger partial charge in [-0.05, 0) is 32.7 Å². The minimum absolute atomic E-state index is 0.266. The maximum absolute atomic E-state index is 14.2. The Morgan fingerprint density at radius 3 is 2.71 bits per heavy atom. The van der Waals surface area contributed by atoms with E-state index in [1.807, 2.05) is 49.3 Å². The van der Waals surface area contributed by atoms with Crippen molar-refractivity contribution in [3.63, 3.8) is 0 Å². The quantitative estimate of drug-likeness (QED) is 0.801. The lowest BCUT2D eigenvalue weighted by Crippen LogP contribution is -2.19. The molecule has 113 valence electrons. The van der Waals surface area contributed by atoms with E-state index in [2.05, 4.69) is 0 Å². The van der Waals surface area contributed by atoms with Crippen LogP contribution in [0.3, 0.4) is 0 Å². The van der Waals surface area contributed by atoms with Crippen molar-refractivity contribution in [2.45, 2.75) is 6.42 Å². The first-order valence-electron chi connectivity index (χ1n) is 6.98. The maximum Gasteiger partial charge on any atom is 0.127 e. The molecule has 0 N–H and O–H groups in total. The lowest BCUT2D eigenvalue weighted by Gasteiger charge is -2.20. The molecule has 0 spiro atoms. The van der Waals surface area contributed by atoms with Crippen LogP contribution >= 0.6 is 0 Å². The number of ether oxygens (including phenoxy) is 2. The molecule has 1 aliphatic rings. The fraction of sp³-hybridized carbons (Fsp3) is 0.353. The van der Waals surface area contributed by atoms with E-state index in [4.69, 9.17) is 9.47 Å². The number of hydrogen-bond acceptors (Lipinski definition) is 3. The summed E-state index contributed by atoms with van der Waals surface area (Å²) in [7, 11) is 5.53. The third-order valence-corrected chi connectivity index (χ3v) is 3.26. The van der Waals surface area contributed by atoms with Crippen molar-refractivity contribution in [3.8, 4) is 5.75 Å². The summed E-state index contributed by atoms with van der Waals surface area (Å²) in [6.07, 6.45) is 3.96. The summed E-state index contributed by atoms with van der Waals surface area (Å²) in [6.45, 7) is 1.35. The molecule has 0 atom stereocenters. The Kier molecular flexibility index (Phi) is 5.39. The molecule has 3 nitrogen and oxygen atoms in total. The van der Waals surface area contributed by atoms with E-state index in [1.165, 1.54) is 0 Å². The van der Waals surface area contributed by atoms with E-state index in [9.17, 15) is 4.39 Å². The van der Waals surface area contributed by atoms with Crippen LogP contribution in [0.2, 0.25) is 0 Å². The molecule has 0 bridgehead atoms. The third kappa shape index (κ3) is 3.85. The molecule has 0 aliphatic heterocycles. The van der Waals surface area contributed by atoms with Crippen molar-refractivity contribution >= 4 is 5.57 Å². The number of nitrogens with zero attached hydrogens (tertiary/aromatic N) is 1. The normalized spacial score (nSPS) is 15.2. The van der Waals surface area contributed by atoms with Crippen LogP contribution in [0.15, 0.2) is 41.9 Å². The summed E-state index contributed by atoms with van der Waals surface area (Å²) < 4.78 is 25.3. The maximum atomic E-state index is 14.2. The van der Waals surface area contributed by atoms with Gasteiger partial charge in [-0.2, -0.15) is 0 Å². The van der Waals surface area contributed by atoms with Crippen LogP contribution in [0, 0.1) is 6.42 Å². The zero-order valence-corrected chi connectivity index (χ0v) is 12.7. The van der Waals surface area contributed by atoms with E-state index < -0.39 is 0 Å². The van der Waals surface area contributed by atoms with Crippen molar-refractivity contribution in [3.05, 3.63) is 53.9 Å². The monoisotopic (exact) mass is 290 g/mol. The van der Waals surface area contributed by atoms with Crippen molar-refractivity contribution < 1.29 is 13.9 Å². The van der Waals surface area contributed by atoms with Crippen LogP contribution in [0.4, 0.5) is 4.39 Å². The number of benzene rings is 1. The van der Waals surface area contributed by atoms with Crippen molar-refractivity contribution in [1.29, 1.82) is 0 Å². The van der Waals surface area contributed by atoms with Crippen molar-refractivity contribution in [2.24, 2.45) is 0 Å². The van der Waals surface area contributed by atoms with Gasteiger partial charge in [0.05, 0.1) is 12.7 Å². The molecule has 4 heteroatoms. The van der Waals surface area contributed by atoms with Crippen LogP contribution in [0.25, 0.3) is 5.57 Å². The van der Waals surface area contributed by atoms with Gasteiger partial charge >= 0.3 is 0 Å². The van der Waals surface area contributed by atoms with Crippen LogP contribution in [-0.2, 0) is 4.74 Å². The van der Waals surface area contributed by atoms with Gasteiger partial charge in [0.2, 0.25) is 0 Å². The Morgan fingerprint density at radius 1 is 1.24 bits per heavy atom. The standard InChI is InChI=1S/C17H21FNO2/c1-19(2)11-12-21-15-9-5-4-7-13(15)17-14(18)8-6-10-16(17)20-3/h4-5,7-10H,6,11-12H2,1-3H3. The minimum Gasteiger partial charge on any atom is -0.496 e. The summed E-state index contributed by atoms with van der Waals surface area (Å²) in [5.74, 6) is 0.958. The molecular weight excluding hydrogens is 269 g/mol.